The van der Waals surface area contributed by atoms with E-state index in [2.05, 4.69) is 141 Å². The van der Waals surface area contributed by atoms with Gasteiger partial charge in [-0.25, -0.2) is 0 Å². The van der Waals surface area contributed by atoms with Gasteiger partial charge in [0.05, 0.1) is 0 Å². The SMILES string of the molecule is C=CC1C(C)C[C@H](C)Cc2c(NCCN(C)C)c(=C)cc(c2=C)NC(=C)/C(C)=C/C=C\C(CC)C(CC(=C)N)/C(C)=C/[C@@H]1C. The number of hydrogen-bond donors (Lipinski definition) is 3. The van der Waals surface area contributed by atoms with E-state index in [0.717, 1.165) is 77.6 Å². The van der Waals surface area contributed by atoms with Crippen LogP contribution in [0.1, 0.15) is 66.4 Å². The average Bonchev–Trinajstić information content (AvgIpc) is 2.93. The third kappa shape index (κ3) is 10.4. The Kier molecular flexibility index (Phi) is 14.5. The van der Waals surface area contributed by atoms with E-state index in [1.54, 1.807) is 0 Å². The topological polar surface area (TPSA) is 53.3 Å². The predicted octanol–water partition coefficient (Wildman–Crippen LogP) is 8.02. The first-order valence-electron chi connectivity index (χ1n) is 16.5. The number of allylic oxidation sites excluding steroid dienone is 8. The molecular formula is C40H62N4. The van der Waals surface area contributed by atoms with Crippen LogP contribution in [0.2, 0.25) is 0 Å². The van der Waals surface area contributed by atoms with Gasteiger partial charge in [0.25, 0.3) is 0 Å². The molecule has 1 aromatic carbocycles. The Labute approximate surface area is 270 Å². The van der Waals surface area contributed by atoms with Gasteiger partial charge in [0.1, 0.15) is 0 Å². The third-order valence-electron chi connectivity index (χ3n) is 9.40. The molecule has 1 heterocycles. The molecule has 4 heteroatoms. The lowest BCUT2D eigenvalue weighted by atomic mass is 9.75. The van der Waals surface area contributed by atoms with Crippen LogP contribution >= 0.6 is 0 Å². The fourth-order valence-corrected chi connectivity index (χ4v) is 6.83. The van der Waals surface area contributed by atoms with Gasteiger partial charge in [0, 0.05) is 35.9 Å². The second-order valence-electron chi connectivity index (χ2n) is 13.6. The lowest BCUT2D eigenvalue weighted by Gasteiger charge is -2.30. The average molecular weight is 599 g/mol. The summed E-state index contributed by atoms with van der Waals surface area (Å²) in [5, 5.41) is 9.27. The van der Waals surface area contributed by atoms with Crippen molar-refractivity contribution in [3.8, 4) is 0 Å². The molecule has 0 fully saturated rings. The van der Waals surface area contributed by atoms with Crippen LogP contribution in [0.5, 0.6) is 0 Å². The lowest BCUT2D eigenvalue weighted by molar-refractivity contribution is 0.295. The molecule has 0 radical (unpaired) electrons. The van der Waals surface area contributed by atoms with Crippen molar-refractivity contribution in [2.45, 2.75) is 67.2 Å². The van der Waals surface area contributed by atoms with Gasteiger partial charge in [0.2, 0.25) is 0 Å². The standard InChI is InChI=1S/C40H62N4/c1-14-35-18-16-17-27(4)34(11)43-39-24-31(8)40(42-19-20-44(12)13)38(33(39)10)22-26(3)21-28(5)36(15-2)29(6)23-30(7)37(35)25-32(9)41/h15-18,23-24,26,28-29,35-37,42-43H,2,8-11,14,19-22,25,41H2,1,3-7,12-13H3/b18-16-,27-17+,30-23+/t26-,28?,29-,35?,36?,37?/m0/s1. The van der Waals surface area contributed by atoms with E-state index in [9.17, 15) is 0 Å². The third-order valence-corrected chi connectivity index (χ3v) is 9.40. The molecule has 44 heavy (non-hydrogen) atoms. The fraction of sp³-hybridized carbons (Fsp3) is 0.500. The minimum absolute atomic E-state index is 0.303. The zero-order chi connectivity index (χ0) is 33.1. The van der Waals surface area contributed by atoms with Crippen LogP contribution in [0.25, 0.3) is 13.2 Å². The summed E-state index contributed by atoms with van der Waals surface area (Å²) < 4.78 is 0. The second kappa shape index (κ2) is 17.3. The molecule has 0 aromatic heterocycles. The first kappa shape index (κ1) is 36.9. The quantitative estimate of drug-likeness (QED) is 0.265. The second-order valence-corrected chi connectivity index (χ2v) is 13.6. The van der Waals surface area contributed by atoms with E-state index in [1.807, 2.05) is 0 Å². The Morgan fingerprint density at radius 1 is 1.16 bits per heavy atom. The number of fused-ring (bicyclic) bond motifs is 2. The van der Waals surface area contributed by atoms with Crippen molar-refractivity contribution in [3.63, 3.8) is 0 Å². The fourth-order valence-electron chi connectivity index (χ4n) is 6.83. The van der Waals surface area contributed by atoms with Gasteiger partial charge in [-0.3, -0.25) is 0 Å². The van der Waals surface area contributed by atoms with Gasteiger partial charge in [-0.2, -0.15) is 0 Å². The Hall–Kier alpha value is -3.24. The number of rotatable bonds is 8. The Bertz CT molecular complexity index is 1340. The predicted molar refractivity (Wildman–Crippen MR) is 198 cm³/mol. The maximum Gasteiger partial charge on any atom is 0.0461 e. The molecule has 1 aliphatic heterocycles. The molecule has 1 aromatic rings. The molecule has 0 aliphatic carbocycles. The van der Waals surface area contributed by atoms with E-state index in [-0.39, 0.29) is 0 Å². The number of nitrogens with one attached hydrogen (secondary N) is 2. The summed E-state index contributed by atoms with van der Waals surface area (Å²) in [6.45, 7) is 37.3. The minimum Gasteiger partial charge on any atom is -0.402 e. The van der Waals surface area contributed by atoms with Crippen molar-refractivity contribution in [3.05, 3.63) is 94.7 Å². The first-order valence-corrected chi connectivity index (χ1v) is 16.5. The van der Waals surface area contributed by atoms with Crippen molar-refractivity contribution < 1.29 is 0 Å². The van der Waals surface area contributed by atoms with Crippen LogP contribution in [0.15, 0.2) is 78.7 Å². The Morgan fingerprint density at radius 3 is 2.43 bits per heavy atom. The maximum absolute atomic E-state index is 6.21. The number of benzene rings is 1. The van der Waals surface area contributed by atoms with E-state index in [4.69, 9.17) is 5.73 Å². The molecule has 1 aliphatic rings. The summed E-state index contributed by atoms with van der Waals surface area (Å²) in [7, 11) is 4.19. The van der Waals surface area contributed by atoms with Gasteiger partial charge in [0.15, 0.2) is 0 Å². The molecular weight excluding hydrogens is 536 g/mol. The summed E-state index contributed by atoms with van der Waals surface area (Å²) in [6, 6.07) is 2.11. The molecule has 242 valence electrons. The normalized spacial score (nSPS) is 28.7. The molecule has 4 N–H and O–H groups in total. The maximum atomic E-state index is 6.21. The van der Waals surface area contributed by atoms with Gasteiger partial charge < -0.3 is 21.3 Å². The zero-order valence-corrected chi connectivity index (χ0v) is 29.2. The van der Waals surface area contributed by atoms with Crippen molar-refractivity contribution in [2.24, 2.45) is 41.2 Å². The molecule has 6 atom stereocenters. The largest absolute Gasteiger partial charge is 0.402 e. The molecule has 2 bridgehead atoms. The summed E-state index contributed by atoms with van der Waals surface area (Å²) in [6.07, 6.45) is 15.1. The summed E-state index contributed by atoms with van der Waals surface area (Å²) >= 11 is 0. The van der Waals surface area contributed by atoms with Gasteiger partial charge in [-0.15, -0.1) is 6.58 Å². The molecule has 0 saturated carbocycles. The van der Waals surface area contributed by atoms with E-state index in [1.165, 1.54) is 11.1 Å². The summed E-state index contributed by atoms with van der Waals surface area (Å²) in [5.74, 6) is 2.30. The monoisotopic (exact) mass is 598 g/mol. The van der Waals surface area contributed by atoms with E-state index >= 15 is 0 Å². The molecule has 0 saturated heterocycles. The molecule has 0 amide bonds. The zero-order valence-electron chi connectivity index (χ0n) is 29.2. The van der Waals surface area contributed by atoms with Crippen molar-refractivity contribution in [1.29, 1.82) is 0 Å². The van der Waals surface area contributed by atoms with Crippen molar-refractivity contribution >= 4 is 24.5 Å². The van der Waals surface area contributed by atoms with Crippen LogP contribution < -0.4 is 26.8 Å². The Morgan fingerprint density at radius 2 is 1.84 bits per heavy atom. The highest BCUT2D eigenvalue weighted by molar-refractivity contribution is 5.65. The van der Waals surface area contributed by atoms with Crippen LogP contribution in [0, 0.1) is 35.5 Å². The van der Waals surface area contributed by atoms with Gasteiger partial charge in [-0.1, -0.05) is 90.0 Å². The minimum atomic E-state index is 0.303. The molecule has 4 unspecified atom stereocenters. The molecule has 0 spiro atoms. The van der Waals surface area contributed by atoms with Crippen molar-refractivity contribution in [2.75, 3.05) is 37.8 Å². The first-order chi connectivity index (χ1) is 20.7. The van der Waals surface area contributed by atoms with E-state index < -0.39 is 0 Å². The highest BCUT2D eigenvalue weighted by atomic mass is 15.1. The Balaban J connectivity index is 2.67. The number of likely N-dealkylation sites (N-methyl/N-ethyl adjacent to an activating group) is 1. The van der Waals surface area contributed by atoms with Gasteiger partial charge in [-0.05, 0) is 117 Å². The number of hydrogen-bond acceptors (Lipinski definition) is 4. The van der Waals surface area contributed by atoms with Gasteiger partial charge >= 0.3 is 0 Å². The van der Waals surface area contributed by atoms with Crippen LogP contribution in [0.3, 0.4) is 0 Å². The van der Waals surface area contributed by atoms with Crippen LogP contribution in [-0.4, -0.2) is 32.1 Å². The number of nitrogens with zero attached hydrogens (tertiary/aromatic N) is 1. The van der Waals surface area contributed by atoms with Crippen LogP contribution in [0.4, 0.5) is 11.4 Å². The van der Waals surface area contributed by atoms with Crippen LogP contribution in [-0.2, 0) is 6.42 Å². The van der Waals surface area contributed by atoms with E-state index in [0.29, 0.717) is 35.5 Å². The summed E-state index contributed by atoms with van der Waals surface area (Å²) in [5.41, 5.74) is 13.6. The molecule has 2 rings (SSSR count). The lowest BCUT2D eigenvalue weighted by Crippen LogP contribution is -2.29. The molecule has 4 nitrogen and oxygen atoms in total. The smallest absolute Gasteiger partial charge is 0.0461 e. The van der Waals surface area contributed by atoms with Crippen molar-refractivity contribution in [1.82, 2.24) is 4.90 Å². The number of nitrogens with two attached hydrogens (primary N) is 1. The highest BCUT2D eigenvalue weighted by Gasteiger charge is 2.25. The number of anilines is 2. The highest BCUT2D eigenvalue weighted by Crippen LogP contribution is 2.35. The summed E-state index contributed by atoms with van der Waals surface area (Å²) in [4.78, 5) is 2.19.